The quantitative estimate of drug-likeness (QED) is 0.889. The lowest BCUT2D eigenvalue weighted by molar-refractivity contribution is 0.299. The highest BCUT2D eigenvalue weighted by atomic mass is 19.1. The van der Waals surface area contributed by atoms with E-state index in [0.717, 1.165) is 28.9 Å². The van der Waals surface area contributed by atoms with Crippen molar-refractivity contribution in [1.82, 2.24) is 0 Å². The second-order valence-corrected chi connectivity index (χ2v) is 4.91. The first-order valence-electron chi connectivity index (χ1n) is 6.84. The van der Waals surface area contributed by atoms with E-state index in [4.69, 9.17) is 10.5 Å². The van der Waals surface area contributed by atoms with E-state index in [0.29, 0.717) is 6.61 Å². The molecule has 2 rings (SSSR count). The van der Waals surface area contributed by atoms with Crippen molar-refractivity contribution in [3.63, 3.8) is 0 Å². The summed E-state index contributed by atoms with van der Waals surface area (Å²) < 4.78 is 19.1. The van der Waals surface area contributed by atoms with Gasteiger partial charge in [0.25, 0.3) is 0 Å². The molecule has 0 bridgehead atoms. The first-order chi connectivity index (χ1) is 9.61. The summed E-state index contributed by atoms with van der Waals surface area (Å²) in [6, 6.07) is 12.4. The van der Waals surface area contributed by atoms with Crippen LogP contribution in [0.25, 0.3) is 0 Å². The zero-order valence-electron chi connectivity index (χ0n) is 11.9. The van der Waals surface area contributed by atoms with E-state index in [1.165, 1.54) is 12.1 Å². The third kappa shape index (κ3) is 3.36. The van der Waals surface area contributed by atoms with Gasteiger partial charge >= 0.3 is 0 Å². The molecule has 0 radical (unpaired) electrons. The average molecular weight is 273 g/mol. The molecule has 0 saturated heterocycles. The van der Waals surface area contributed by atoms with Crippen LogP contribution >= 0.6 is 0 Å². The number of hydrogen-bond acceptors (Lipinski definition) is 2. The van der Waals surface area contributed by atoms with Crippen molar-refractivity contribution < 1.29 is 9.13 Å². The number of rotatable bonds is 5. The smallest absolute Gasteiger partial charge is 0.124 e. The molecular formula is C17H20FNO. The lowest BCUT2D eigenvalue weighted by Gasteiger charge is -2.16. The van der Waals surface area contributed by atoms with Crippen LogP contribution in [0.1, 0.15) is 36.1 Å². The minimum Gasteiger partial charge on any atom is -0.489 e. The van der Waals surface area contributed by atoms with E-state index in [1.807, 2.05) is 38.1 Å². The maximum atomic E-state index is 13.3. The van der Waals surface area contributed by atoms with Gasteiger partial charge in [0, 0.05) is 11.6 Å². The zero-order valence-corrected chi connectivity index (χ0v) is 11.9. The average Bonchev–Trinajstić information content (AvgIpc) is 2.47. The molecule has 2 nitrogen and oxygen atoms in total. The molecule has 2 aromatic rings. The molecule has 0 aliphatic carbocycles. The van der Waals surface area contributed by atoms with Crippen LogP contribution in [0.15, 0.2) is 42.5 Å². The Balaban J connectivity index is 2.17. The molecule has 2 N–H and O–H groups in total. The van der Waals surface area contributed by atoms with Crippen LogP contribution in [0, 0.1) is 12.7 Å². The third-order valence-electron chi connectivity index (χ3n) is 3.45. The Morgan fingerprint density at radius 2 is 1.95 bits per heavy atom. The maximum Gasteiger partial charge on any atom is 0.124 e. The van der Waals surface area contributed by atoms with E-state index in [2.05, 4.69) is 0 Å². The molecule has 0 heterocycles. The Hall–Kier alpha value is -1.87. The number of nitrogens with two attached hydrogens (primary N) is 1. The second-order valence-electron chi connectivity index (χ2n) is 4.91. The van der Waals surface area contributed by atoms with Crippen LogP contribution < -0.4 is 10.5 Å². The third-order valence-corrected chi connectivity index (χ3v) is 3.45. The van der Waals surface area contributed by atoms with Crippen LogP contribution in [0.5, 0.6) is 5.75 Å². The topological polar surface area (TPSA) is 35.2 Å². The summed E-state index contributed by atoms with van der Waals surface area (Å²) in [6.45, 7) is 4.33. The molecule has 0 amide bonds. The van der Waals surface area contributed by atoms with Crippen LogP contribution in [0.3, 0.4) is 0 Å². The van der Waals surface area contributed by atoms with Gasteiger partial charge in [-0.25, -0.2) is 4.39 Å². The first-order valence-corrected chi connectivity index (χ1v) is 6.84. The van der Waals surface area contributed by atoms with Gasteiger partial charge in [0.15, 0.2) is 0 Å². The molecule has 0 aliphatic heterocycles. The minimum atomic E-state index is -0.243. The number of ether oxygens (including phenoxy) is 1. The summed E-state index contributed by atoms with van der Waals surface area (Å²) >= 11 is 0. The standard InChI is InChI=1S/C17H20FNO/c1-3-16(19)15-6-4-5-7-17(15)20-11-13-10-14(18)9-8-12(13)2/h4-10,16H,3,11,19H2,1-2H3/t16-/m0/s1. The molecule has 106 valence electrons. The molecule has 0 fully saturated rings. The van der Waals surface area contributed by atoms with Crippen molar-refractivity contribution in [2.45, 2.75) is 32.9 Å². The lowest BCUT2D eigenvalue weighted by Crippen LogP contribution is -2.11. The predicted molar refractivity (Wildman–Crippen MR) is 79.1 cm³/mol. The monoisotopic (exact) mass is 273 g/mol. The van der Waals surface area contributed by atoms with Crippen LogP contribution in [0.2, 0.25) is 0 Å². The maximum absolute atomic E-state index is 13.3. The van der Waals surface area contributed by atoms with Crippen LogP contribution in [-0.2, 0) is 6.61 Å². The van der Waals surface area contributed by atoms with E-state index in [-0.39, 0.29) is 11.9 Å². The molecule has 0 saturated carbocycles. The van der Waals surface area contributed by atoms with Gasteiger partial charge in [0.05, 0.1) is 0 Å². The van der Waals surface area contributed by atoms with E-state index >= 15 is 0 Å². The summed E-state index contributed by atoms with van der Waals surface area (Å²) in [5, 5.41) is 0. The molecule has 0 unspecified atom stereocenters. The van der Waals surface area contributed by atoms with Crippen molar-refractivity contribution in [2.24, 2.45) is 5.73 Å². The number of halogens is 1. The van der Waals surface area contributed by atoms with Gasteiger partial charge in [-0.3, -0.25) is 0 Å². The molecule has 2 aromatic carbocycles. The van der Waals surface area contributed by atoms with E-state index < -0.39 is 0 Å². The van der Waals surface area contributed by atoms with E-state index in [1.54, 1.807) is 6.07 Å². The van der Waals surface area contributed by atoms with Crippen LogP contribution in [-0.4, -0.2) is 0 Å². The highest BCUT2D eigenvalue weighted by molar-refractivity contribution is 5.36. The summed E-state index contributed by atoms with van der Waals surface area (Å²) in [4.78, 5) is 0. The molecule has 0 aliphatic rings. The molecular weight excluding hydrogens is 253 g/mol. The SMILES string of the molecule is CC[C@H](N)c1ccccc1OCc1cc(F)ccc1C. The Labute approximate surface area is 119 Å². The fraction of sp³-hybridized carbons (Fsp3) is 0.294. The van der Waals surface area contributed by atoms with E-state index in [9.17, 15) is 4.39 Å². The lowest BCUT2D eigenvalue weighted by atomic mass is 10.0. The molecule has 0 aromatic heterocycles. The van der Waals surface area contributed by atoms with Crippen molar-refractivity contribution in [1.29, 1.82) is 0 Å². The van der Waals surface area contributed by atoms with Crippen molar-refractivity contribution in [3.05, 3.63) is 65.0 Å². The summed E-state index contributed by atoms with van der Waals surface area (Å²) in [5.74, 6) is 0.526. The molecule has 20 heavy (non-hydrogen) atoms. The first kappa shape index (κ1) is 14.5. The summed E-state index contributed by atoms with van der Waals surface area (Å²) in [6.07, 6.45) is 0.847. The number of para-hydroxylation sites is 1. The van der Waals surface area contributed by atoms with Crippen molar-refractivity contribution >= 4 is 0 Å². The second kappa shape index (κ2) is 6.53. The fourth-order valence-electron chi connectivity index (χ4n) is 2.09. The predicted octanol–water partition coefficient (Wildman–Crippen LogP) is 4.12. The summed E-state index contributed by atoms with van der Waals surface area (Å²) in [7, 11) is 0. The normalized spacial score (nSPS) is 12.2. The Kier molecular flexibility index (Phi) is 4.74. The minimum absolute atomic E-state index is 0.0418. The highest BCUT2D eigenvalue weighted by Crippen LogP contribution is 2.26. The number of hydrogen-bond donors (Lipinski definition) is 1. The summed E-state index contributed by atoms with van der Waals surface area (Å²) in [5.41, 5.74) is 8.94. The largest absolute Gasteiger partial charge is 0.489 e. The van der Waals surface area contributed by atoms with Gasteiger partial charge in [0.2, 0.25) is 0 Å². The van der Waals surface area contributed by atoms with Gasteiger partial charge in [-0.1, -0.05) is 31.2 Å². The van der Waals surface area contributed by atoms with Crippen molar-refractivity contribution in [3.8, 4) is 5.75 Å². The molecule has 0 spiro atoms. The number of aryl methyl sites for hydroxylation is 1. The zero-order chi connectivity index (χ0) is 14.5. The van der Waals surface area contributed by atoms with Gasteiger partial charge in [-0.05, 0) is 42.7 Å². The van der Waals surface area contributed by atoms with Gasteiger partial charge < -0.3 is 10.5 Å². The van der Waals surface area contributed by atoms with Crippen molar-refractivity contribution in [2.75, 3.05) is 0 Å². The Morgan fingerprint density at radius 1 is 1.20 bits per heavy atom. The van der Waals surface area contributed by atoms with Gasteiger partial charge in [-0.15, -0.1) is 0 Å². The van der Waals surface area contributed by atoms with Gasteiger partial charge in [0.1, 0.15) is 18.2 Å². The molecule has 3 heteroatoms. The molecule has 1 atom stereocenters. The Morgan fingerprint density at radius 3 is 2.70 bits per heavy atom. The fourth-order valence-corrected chi connectivity index (χ4v) is 2.09. The van der Waals surface area contributed by atoms with Crippen LogP contribution in [0.4, 0.5) is 4.39 Å². The highest BCUT2D eigenvalue weighted by Gasteiger charge is 2.10. The number of benzene rings is 2. The Bertz CT molecular complexity index is 583. The van der Waals surface area contributed by atoms with Gasteiger partial charge in [-0.2, -0.15) is 0 Å².